The number of hydroxylamine groups is 1. The summed E-state index contributed by atoms with van der Waals surface area (Å²) in [5, 5.41) is 9.07. The van der Waals surface area contributed by atoms with Gasteiger partial charge in [0.2, 0.25) is 0 Å². The minimum atomic E-state index is 0.521. The van der Waals surface area contributed by atoms with Crippen molar-refractivity contribution in [2.75, 3.05) is 18.0 Å². The van der Waals surface area contributed by atoms with E-state index in [0.717, 1.165) is 19.4 Å². The van der Waals surface area contributed by atoms with Crippen LogP contribution in [0.4, 0.5) is 11.4 Å². The van der Waals surface area contributed by atoms with Crippen LogP contribution < -0.4 is 10.4 Å². The van der Waals surface area contributed by atoms with E-state index < -0.39 is 0 Å². The van der Waals surface area contributed by atoms with Crippen molar-refractivity contribution < 1.29 is 5.21 Å². The van der Waals surface area contributed by atoms with Crippen LogP contribution in [0, 0.1) is 20.8 Å². The highest BCUT2D eigenvalue weighted by Gasteiger charge is 2.15. The van der Waals surface area contributed by atoms with Crippen molar-refractivity contribution in [1.82, 2.24) is 5.48 Å². The van der Waals surface area contributed by atoms with Gasteiger partial charge in [-0.15, -0.1) is 0 Å². The molecule has 0 atom stereocenters. The van der Waals surface area contributed by atoms with E-state index >= 15 is 0 Å². The summed E-state index contributed by atoms with van der Waals surface area (Å²) in [4.78, 5) is 2.32. The number of nitrogens with zero attached hydrogens (tertiary/aromatic N) is 1. The molecule has 0 aromatic heterocycles. The molecular weight excluding hydrogens is 284 g/mol. The van der Waals surface area contributed by atoms with Crippen LogP contribution in [0.5, 0.6) is 0 Å². The summed E-state index contributed by atoms with van der Waals surface area (Å²) < 4.78 is 0. The fraction of sp³-hybridized carbons (Fsp3) is 0.400. The second-order valence-electron chi connectivity index (χ2n) is 6.23. The van der Waals surface area contributed by atoms with Gasteiger partial charge in [0, 0.05) is 24.5 Å². The molecule has 23 heavy (non-hydrogen) atoms. The molecule has 0 heterocycles. The van der Waals surface area contributed by atoms with Gasteiger partial charge in [-0.05, 0) is 56.0 Å². The van der Waals surface area contributed by atoms with Crippen LogP contribution in [0.25, 0.3) is 0 Å². The number of benzene rings is 2. The van der Waals surface area contributed by atoms with Crippen molar-refractivity contribution >= 4 is 11.4 Å². The van der Waals surface area contributed by atoms with Crippen molar-refractivity contribution in [2.24, 2.45) is 0 Å². The molecule has 0 amide bonds. The highest BCUT2D eigenvalue weighted by atomic mass is 16.5. The van der Waals surface area contributed by atoms with Crippen molar-refractivity contribution in [3.8, 4) is 0 Å². The summed E-state index contributed by atoms with van der Waals surface area (Å²) in [5.74, 6) is 0. The predicted molar refractivity (Wildman–Crippen MR) is 97.9 cm³/mol. The Morgan fingerprint density at radius 1 is 0.957 bits per heavy atom. The van der Waals surface area contributed by atoms with Gasteiger partial charge in [-0.2, -0.15) is 0 Å². The molecule has 2 aromatic carbocycles. The summed E-state index contributed by atoms with van der Waals surface area (Å²) in [6, 6.07) is 13.2. The van der Waals surface area contributed by atoms with E-state index in [2.05, 4.69) is 74.5 Å². The van der Waals surface area contributed by atoms with Crippen LogP contribution in [0.1, 0.15) is 35.6 Å². The summed E-state index contributed by atoms with van der Waals surface area (Å²) in [6.07, 6.45) is 2.18. The van der Waals surface area contributed by atoms with E-state index in [9.17, 15) is 0 Å². The molecule has 0 aliphatic heterocycles. The molecule has 0 bridgehead atoms. The Morgan fingerprint density at radius 2 is 1.65 bits per heavy atom. The van der Waals surface area contributed by atoms with Gasteiger partial charge >= 0.3 is 0 Å². The Hall–Kier alpha value is -1.84. The second kappa shape index (κ2) is 8.14. The first-order valence-electron chi connectivity index (χ1n) is 8.38. The van der Waals surface area contributed by atoms with Gasteiger partial charge in [0.1, 0.15) is 0 Å². The molecule has 2 aromatic rings. The van der Waals surface area contributed by atoms with E-state index in [1.165, 1.54) is 33.6 Å². The van der Waals surface area contributed by atoms with Gasteiger partial charge in [0.25, 0.3) is 0 Å². The van der Waals surface area contributed by atoms with Crippen LogP contribution in [-0.4, -0.2) is 18.3 Å². The summed E-state index contributed by atoms with van der Waals surface area (Å²) in [6.45, 7) is 9.85. The Bertz CT molecular complexity index is 652. The van der Waals surface area contributed by atoms with E-state index in [1.54, 1.807) is 0 Å². The summed E-state index contributed by atoms with van der Waals surface area (Å²) in [7, 11) is 0. The molecule has 124 valence electrons. The standard InChI is InChI=1S/C20H28N2O/c1-5-6-18-9-7-16(3)14-20(18)22(12-11-21-23)19-10-8-15(2)13-17(19)4/h7-10,13-14,21,23H,5-6,11-12H2,1-4H3. The van der Waals surface area contributed by atoms with Crippen LogP contribution in [-0.2, 0) is 6.42 Å². The topological polar surface area (TPSA) is 35.5 Å². The third-order valence-electron chi connectivity index (χ3n) is 4.14. The normalized spacial score (nSPS) is 10.8. The van der Waals surface area contributed by atoms with E-state index in [0.29, 0.717) is 6.54 Å². The second-order valence-corrected chi connectivity index (χ2v) is 6.23. The zero-order valence-electron chi connectivity index (χ0n) is 14.7. The highest BCUT2D eigenvalue weighted by Crippen LogP contribution is 2.32. The smallest absolute Gasteiger partial charge is 0.0446 e. The fourth-order valence-electron chi connectivity index (χ4n) is 3.05. The molecule has 0 spiro atoms. The average Bonchev–Trinajstić information content (AvgIpc) is 2.52. The first kappa shape index (κ1) is 17.5. The average molecular weight is 312 g/mol. The lowest BCUT2D eigenvalue weighted by atomic mass is 10.0. The van der Waals surface area contributed by atoms with Crippen LogP contribution >= 0.6 is 0 Å². The molecule has 0 saturated carbocycles. The third-order valence-corrected chi connectivity index (χ3v) is 4.14. The van der Waals surface area contributed by atoms with Gasteiger partial charge in [-0.1, -0.05) is 43.2 Å². The van der Waals surface area contributed by atoms with Crippen molar-refractivity contribution in [3.63, 3.8) is 0 Å². The first-order valence-corrected chi connectivity index (χ1v) is 8.38. The van der Waals surface area contributed by atoms with Crippen LogP contribution in [0.3, 0.4) is 0 Å². The largest absolute Gasteiger partial charge is 0.340 e. The maximum absolute atomic E-state index is 9.07. The van der Waals surface area contributed by atoms with Gasteiger partial charge in [-0.3, -0.25) is 0 Å². The lowest BCUT2D eigenvalue weighted by Crippen LogP contribution is -2.28. The molecule has 2 N–H and O–H groups in total. The van der Waals surface area contributed by atoms with Gasteiger partial charge in [0.15, 0.2) is 0 Å². The monoisotopic (exact) mass is 312 g/mol. The number of hydrogen-bond donors (Lipinski definition) is 2. The highest BCUT2D eigenvalue weighted by molar-refractivity contribution is 5.70. The minimum absolute atomic E-state index is 0.521. The van der Waals surface area contributed by atoms with Crippen LogP contribution in [0.15, 0.2) is 36.4 Å². The Labute approximate surface area is 139 Å². The molecule has 0 unspecified atom stereocenters. The predicted octanol–water partition coefficient (Wildman–Crippen LogP) is 4.68. The zero-order valence-corrected chi connectivity index (χ0v) is 14.7. The van der Waals surface area contributed by atoms with Gasteiger partial charge in [0.05, 0.1) is 0 Å². The number of hydrogen-bond acceptors (Lipinski definition) is 3. The number of rotatable bonds is 7. The van der Waals surface area contributed by atoms with Gasteiger partial charge in [-0.25, -0.2) is 5.48 Å². The number of aryl methyl sites for hydroxylation is 4. The zero-order chi connectivity index (χ0) is 16.8. The molecule has 0 fully saturated rings. The maximum atomic E-state index is 9.07. The minimum Gasteiger partial charge on any atom is -0.340 e. The molecular formula is C20H28N2O. The Balaban J connectivity index is 2.52. The molecule has 0 aliphatic carbocycles. The molecule has 0 aliphatic rings. The van der Waals surface area contributed by atoms with Crippen molar-refractivity contribution in [1.29, 1.82) is 0 Å². The summed E-state index contributed by atoms with van der Waals surface area (Å²) >= 11 is 0. The molecule has 3 nitrogen and oxygen atoms in total. The molecule has 0 radical (unpaired) electrons. The molecule has 3 heteroatoms. The lowest BCUT2D eigenvalue weighted by molar-refractivity contribution is 0.170. The van der Waals surface area contributed by atoms with E-state index in [1.807, 2.05) is 0 Å². The maximum Gasteiger partial charge on any atom is 0.0446 e. The Kier molecular flexibility index (Phi) is 6.20. The van der Waals surface area contributed by atoms with Gasteiger partial charge < -0.3 is 10.1 Å². The fourth-order valence-corrected chi connectivity index (χ4v) is 3.05. The lowest BCUT2D eigenvalue weighted by Gasteiger charge is -2.29. The van der Waals surface area contributed by atoms with E-state index in [-0.39, 0.29) is 0 Å². The molecule has 2 rings (SSSR count). The van der Waals surface area contributed by atoms with Crippen molar-refractivity contribution in [2.45, 2.75) is 40.5 Å². The Morgan fingerprint density at radius 3 is 2.30 bits per heavy atom. The quantitative estimate of drug-likeness (QED) is 0.729. The SMILES string of the molecule is CCCc1ccc(C)cc1N(CCNO)c1ccc(C)cc1C. The summed E-state index contributed by atoms with van der Waals surface area (Å²) in [5.41, 5.74) is 9.88. The first-order chi connectivity index (χ1) is 11.1. The van der Waals surface area contributed by atoms with Crippen LogP contribution in [0.2, 0.25) is 0 Å². The molecule has 0 saturated heterocycles. The third kappa shape index (κ3) is 4.34. The van der Waals surface area contributed by atoms with Crippen molar-refractivity contribution in [3.05, 3.63) is 58.7 Å². The number of anilines is 2. The number of nitrogens with one attached hydrogen (secondary N) is 1. The van der Waals surface area contributed by atoms with E-state index in [4.69, 9.17) is 5.21 Å².